The van der Waals surface area contributed by atoms with Crippen LogP contribution in [0.4, 0.5) is 4.39 Å². The van der Waals surface area contributed by atoms with Crippen LogP contribution in [-0.4, -0.2) is 26.1 Å². The molecule has 0 saturated carbocycles. The monoisotopic (exact) mass is 310 g/mol. The van der Waals surface area contributed by atoms with Gasteiger partial charge in [0.05, 0.1) is 11.5 Å². The molecule has 3 N–H and O–H groups in total. The van der Waals surface area contributed by atoms with Gasteiger partial charge in [0.1, 0.15) is 5.82 Å². The van der Waals surface area contributed by atoms with Crippen LogP contribution < -0.4 is 11.1 Å². The molecule has 0 unspecified atom stereocenters. The van der Waals surface area contributed by atoms with Crippen LogP contribution in [-0.2, 0) is 11.3 Å². The van der Waals surface area contributed by atoms with Crippen molar-refractivity contribution in [1.29, 1.82) is 0 Å². The number of nitrogens with one attached hydrogen (secondary N) is 1. The summed E-state index contributed by atoms with van der Waals surface area (Å²) < 4.78 is 19.9. The average molecular weight is 310 g/mol. The molecule has 0 atom stereocenters. The van der Waals surface area contributed by atoms with Gasteiger partial charge in [-0.15, -0.1) is 11.3 Å². The van der Waals surface area contributed by atoms with Crippen molar-refractivity contribution >= 4 is 27.3 Å². The van der Waals surface area contributed by atoms with Crippen molar-refractivity contribution < 1.29 is 13.9 Å². The number of hydrogen-bond donors (Lipinski definition) is 2. The Balaban J connectivity index is 2.27. The summed E-state index contributed by atoms with van der Waals surface area (Å²) >= 11 is 1.29. The van der Waals surface area contributed by atoms with E-state index in [-0.39, 0.29) is 18.3 Å². The van der Waals surface area contributed by atoms with Crippen molar-refractivity contribution in [3.05, 3.63) is 34.5 Å². The fraction of sp³-hybridized carbons (Fsp3) is 0.400. The van der Waals surface area contributed by atoms with Crippen molar-refractivity contribution in [2.24, 2.45) is 5.73 Å². The minimum Gasteiger partial charge on any atom is -0.380 e. The molecule has 2 rings (SSSR count). The first-order chi connectivity index (χ1) is 10.2. The third kappa shape index (κ3) is 3.58. The molecule has 4 nitrogen and oxygen atoms in total. The summed E-state index contributed by atoms with van der Waals surface area (Å²) in [4.78, 5) is 12.8. The molecule has 0 radical (unpaired) electrons. The zero-order valence-electron chi connectivity index (χ0n) is 11.9. The molecular weight excluding hydrogens is 291 g/mol. The highest BCUT2D eigenvalue weighted by molar-refractivity contribution is 7.21. The van der Waals surface area contributed by atoms with E-state index in [2.05, 4.69) is 5.32 Å². The summed E-state index contributed by atoms with van der Waals surface area (Å²) in [6, 6.07) is 4.86. The van der Waals surface area contributed by atoms with Gasteiger partial charge in [-0.05, 0) is 31.5 Å². The topological polar surface area (TPSA) is 64.3 Å². The number of thiophene rings is 1. The molecule has 1 amide bonds. The molecule has 1 aromatic carbocycles. The molecule has 21 heavy (non-hydrogen) atoms. The van der Waals surface area contributed by atoms with Crippen LogP contribution in [0.5, 0.6) is 0 Å². The Hall–Kier alpha value is -1.50. The molecule has 6 heteroatoms. The number of carbonyl (C=O) groups excluding carboxylic acids is 1. The fourth-order valence-electron chi connectivity index (χ4n) is 2.18. The Labute approximate surface area is 127 Å². The second-order valence-corrected chi connectivity index (χ2v) is 5.76. The number of nitrogens with two attached hydrogens (primary N) is 1. The van der Waals surface area contributed by atoms with E-state index in [9.17, 15) is 9.18 Å². The quantitative estimate of drug-likeness (QED) is 0.773. The Kier molecular flexibility index (Phi) is 5.67. The molecule has 2 aromatic rings. The summed E-state index contributed by atoms with van der Waals surface area (Å²) in [5.74, 6) is -0.502. The predicted octanol–water partition coefficient (Wildman–Crippen LogP) is 2.66. The number of ether oxygens (including phenoxy) is 1. The first kappa shape index (κ1) is 15.9. The van der Waals surface area contributed by atoms with Gasteiger partial charge in [0.25, 0.3) is 5.91 Å². The van der Waals surface area contributed by atoms with Gasteiger partial charge in [-0.2, -0.15) is 0 Å². The van der Waals surface area contributed by atoms with E-state index in [1.54, 1.807) is 6.07 Å². The zero-order chi connectivity index (χ0) is 15.2. The molecule has 114 valence electrons. The van der Waals surface area contributed by atoms with Crippen LogP contribution in [0.1, 0.15) is 28.1 Å². The average Bonchev–Trinajstić information content (AvgIpc) is 2.84. The van der Waals surface area contributed by atoms with E-state index >= 15 is 0 Å². The number of hydrogen-bond acceptors (Lipinski definition) is 4. The van der Waals surface area contributed by atoms with Gasteiger partial charge in [-0.1, -0.05) is 6.07 Å². The Bertz CT molecular complexity index is 627. The lowest BCUT2D eigenvalue weighted by molar-refractivity contribution is 0.0953. The number of rotatable bonds is 7. The zero-order valence-corrected chi connectivity index (χ0v) is 12.8. The maximum Gasteiger partial charge on any atom is 0.261 e. The summed E-state index contributed by atoms with van der Waals surface area (Å²) in [6.07, 6.45) is 1.70. The first-order valence-electron chi connectivity index (χ1n) is 6.86. The standard InChI is InChI=1S/C15H19FN2O2S/c1-20-9-10-13-11(16)5-4-6-12(13)21-14(10)15(19)18-8-3-2-7-17/h4-6H,2-3,7-9,17H2,1H3,(H,18,19). The minimum absolute atomic E-state index is 0.181. The number of carbonyl (C=O) groups is 1. The van der Waals surface area contributed by atoms with Gasteiger partial charge in [-0.3, -0.25) is 4.79 Å². The summed E-state index contributed by atoms with van der Waals surface area (Å²) in [7, 11) is 1.53. The SMILES string of the molecule is COCc1c(C(=O)NCCCCN)sc2cccc(F)c12. The molecule has 0 bridgehead atoms. The van der Waals surface area contributed by atoms with Crippen LogP contribution >= 0.6 is 11.3 Å². The van der Waals surface area contributed by atoms with E-state index in [0.717, 1.165) is 17.5 Å². The molecule has 0 aliphatic carbocycles. The van der Waals surface area contributed by atoms with Crippen molar-refractivity contribution in [3.63, 3.8) is 0 Å². The van der Waals surface area contributed by atoms with Crippen LogP contribution in [0.3, 0.4) is 0 Å². The van der Waals surface area contributed by atoms with E-state index in [1.807, 2.05) is 6.07 Å². The van der Waals surface area contributed by atoms with Crippen LogP contribution in [0.2, 0.25) is 0 Å². The molecule has 0 saturated heterocycles. The lowest BCUT2D eigenvalue weighted by Gasteiger charge is -2.06. The smallest absolute Gasteiger partial charge is 0.261 e. The molecule has 0 aliphatic rings. The summed E-state index contributed by atoms with van der Waals surface area (Å²) in [5, 5.41) is 3.33. The number of halogens is 1. The van der Waals surface area contributed by atoms with Crippen molar-refractivity contribution in [2.45, 2.75) is 19.4 Å². The Morgan fingerprint density at radius 1 is 1.43 bits per heavy atom. The molecule has 0 fully saturated rings. The van der Waals surface area contributed by atoms with Gasteiger partial charge in [0, 0.05) is 29.3 Å². The Morgan fingerprint density at radius 2 is 2.24 bits per heavy atom. The Morgan fingerprint density at radius 3 is 2.95 bits per heavy atom. The van der Waals surface area contributed by atoms with Gasteiger partial charge in [-0.25, -0.2) is 4.39 Å². The molecule has 0 spiro atoms. The molecular formula is C15H19FN2O2S. The van der Waals surface area contributed by atoms with Crippen LogP contribution in [0, 0.1) is 5.82 Å². The molecule has 1 aromatic heterocycles. The maximum atomic E-state index is 14.0. The van der Waals surface area contributed by atoms with Gasteiger partial charge < -0.3 is 15.8 Å². The van der Waals surface area contributed by atoms with E-state index in [1.165, 1.54) is 24.5 Å². The second kappa shape index (κ2) is 7.49. The highest BCUT2D eigenvalue weighted by Crippen LogP contribution is 2.33. The largest absolute Gasteiger partial charge is 0.380 e. The van der Waals surface area contributed by atoms with E-state index < -0.39 is 0 Å². The van der Waals surface area contributed by atoms with Crippen molar-refractivity contribution in [1.82, 2.24) is 5.32 Å². The third-order valence-electron chi connectivity index (χ3n) is 3.17. The number of methoxy groups -OCH3 is 1. The van der Waals surface area contributed by atoms with E-state index in [0.29, 0.717) is 28.9 Å². The molecule has 0 aliphatic heterocycles. The summed E-state index contributed by atoms with van der Waals surface area (Å²) in [5.41, 5.74) is 6.04. The summed E-state index contributed by atoms with van der Waals surface area (Å²) in [6.45, 7) is 1.39. The minimum atomic E-state index is -0.321. The number of amides is 1. The van der Waals surface area contributed by atoms with Crippen molar-refractivity contribution in [2.75, 3.05) is 20.2 Å². The highest BCUT2D eigenvalue weighted by Gasteiger charge is 2.20. The maximum absolute atomic E-state index is 14.0. The number of unbranched alkanes of at least 4 members (excludes halogenated alkanes) is 1. The third-order valence-corrected chi connectivity index (χ3v) is 4.37. The lowest BCUT2D eigenvalue weighted by atomic mass is 10.1. The number of fused-ring (bicyclic) bond motifs is 1. The first-order valence-corrected chi connectivity index (χ1v) is 7.67. The van der Waals surface area contributed by atoms with Gasteiger partial charge in [0.15, 0.2) is 0 Å². The van der Waals surface area contributed by atoms with Crippen LogP contribution in [0.15, 0.2) is 18.2 Å². The highest BCUT2D eigenvalue weighted by atomic mass is 32.1. The lowest BCUT2D eigenvalue weighted by Crippen LogP contribution is -2.25. The second-order valence-electron chi connectivity index (χ2n) is 4.71. The van der Waals surface area contributed by atoms with Gasteiger partial charge in [0.2, 0.25) is 0 Å². The predicted molar refractivity (Wildman–Crippen MR) is 83.1 cm³/mol. The van der Waals surface area contributed by atoms with E-state index in [4.69, 9.17) is 10.5 Å². The van der Waals surface area contributed by atoms with Crippen molar-refractivity contribution in [3.8, 4) is 0 Å². The number of benzene rings is 1. The normalized spacial score (nSPS) is 11.0. The van der Waals surface area contributed by atoms with Gasteiger partial charge >= 0.3 is 0 Å². The van der Waals surface area contributed by atoms with Crippen LogP contribution in [0.25, 0.3) is 10.1 Å². The fourth-order valence-corrected chi connectivity index (χ4v) is 3.32. The molecule has 1 heterocycles.